The van der Waals surface area contributed by atoms with Crippen molar-refractivity contribution in [2.75, 3.05) is 27.2 Å². The van der Waals surface area contributed by atoms with E-state index in [2.05, 4.69) is 59.2 Å². The first kappa shape index (κ1) is 24.2. The van der Waals surface area contributed by atoms with E-state index in [0.29, 0.717) is 0 Å². The van der Waals surface area contributed by atoms with E-state index < -0.39 is 18.2 Å². The van der Waals surface area contributed by atoms with Crippen LogP contribution < -0.4 is 0 Å². The summed E-state index contributed by atoms with van der Waals surface area (Å²) in [6, 6.07) is 0. The fourth-order valence-corrected chi connectivity index (χ4v) is 1.57. The van der Waals surface area contributed by atoms with Crippen molar-refractivity contribution in [3.05, 3.63) is 10.6 Å². The normalized spacial score (nSPS) is 10.2. The van der Waals surface area contributed by atoms with Gasteiger partial charge in [0.25, 0.3) is 0 Å². The van der Waals surface area contributed by atoms with Crippen LogP contribution in [0.25, 0.3) is 10.6 Å². The number of hydrogen-bond acceptors (Lipinski definition) is 2. The standard InChI is InChI=1S/2C4H9N.2C3H8N.Mo/c2*1-4(2,3)5;2*1-3-4-2;/h2*1-3H3;2*3H2,1-2H3;/q;;2*-1;+2. The van der Waals surface area contributed by atoms with E-state index in [9.17, 15) is 0 Å². The van der Waals surface area contributed by atoms with Gasteiger partial charge in [0.15, 0.2) is 0 Å². The molecule has 0 atom stereocenters. The SMILES string of the molecule is CC(C)(C)[N]=[Mo+2]=[N]C(C)(C)C.CC[N-]C.CC[N-]C. The first-order valence-electron chi connectivity index (χ1n) is 6.75. The zero-order valence-corrected chi connectivity index (χ0v) is 16.6. The molecule has 19 heavy (non-hydrogen) atoms. The smallest absolute Gasteiger partial charge is 0.0844 e. The maximum absolute atomic E-state index is 4.51. The van der Waals surface area contributed by atoms with Crippen molar-refractivity contribution in [3.63, 3.8) is 0 Å². The molecule has 0 aromatic rings. The molecule has 0 aromatic heterocycles. The first-order valence-corrected chi connectivity index (χ1v) is 8.55. The maximum atomic E-state index is 4.51. The molecular weight excluding hydrogens is 320 g/mol. The average Bonchev–Trinajstić information content (AvgIpc) is 2.26. The summed E-state index contributed by atoms with van der Waals surface area (Å²) in [5.41, 5.74) is 0.216. The van der Waals surface area contributed by atoms with E-state index in [1.165, 1.54) is 0 Å². The molecule has 0 aliphatic rings. The monoisotopic (exact) mass is 356 g/mol. The van der Waals surface area contributed by atoms with Crippen molar-refractivity contribution >= 4 is 0 Å². The van der Waals surface area contributed by atoms with Gasteiger partial charge >= 0.3 is 77.8 Å². The molecule has 0 aliphatic carbocycles. The molecule has 0 N–H and O–H groups in total. The average molecular weight is 354 g/mol. The number of nitrogens with zero attached hydrogens (tertiary/aromatic N) is 4. The van der Waals surface area contributed by atoms with E-state index in [1.54, 1.807) is 14.1 Å². The molecule has 0 heterocycles. The minimum atomic E-state index is -0.473. The van der Waals surface area contributed by atoms with Crippen molar-refractivity contribution in [2.24, 2.45) is 6.99 Å². The summed E-state index contributed by atoms with van der Waals surface area (Å²) in [5.74, 6) is 0. The molecule has 0 radical (unpaired) electrons. The Bertz CT molecular complexity index is 207. The zero-order chi connectivity index (χ0) is 15.9. The van der Waals surface area contributed by atoms with Gasteiger partial charge in [-0.05, 0) is 0 Å². The Kier molecular flexibility index (Phi) is 18.6. The van der Waals surface area contributed by atoms with Crippen LogP contribution in [-0.4, -0.2) is 38.3 Å². The second kappa shape index (κ2) is 14.6. The second-order valence-electron chi connectivity index (χ2n) is 5.87. The number of rotatable bonds is 2. The Hall–Kier alpha value is 0.208. The van der Waals surface area contributed by atoms with Gasteiger partial charge in [0.1, 0.15) is 0 Å². The van der Waals surface area contributed by atoms with Gasteiger partial charge in [-0.25, -0.2) is 0 Å². The minimum absolute atomic E-state index is 0.108. The molecule has 116 valence electrons. The topological polar surface area (TPSA) is 52.9 Å². The Labute approximate surface area is 129 Å². The zero-order valence-electron chi connectivity index (χ0n) is 14.6. The van der Waals surface area contributed by atoms with E-state index >= 15 is 0 Å². The Balaban J connectivity index is -0.000000264. The van der Waals surface area contributed by atoms with Gasteiger partial charge in [-0.2, -0.15) is 27.2 Å². The van der Waals surface area contributed by atoms with Crippen molar-refractivity contribution < 1.29 is 18.2 Å². The maximum Gasteiger partial charge on any atom is -0.0844 e. The molecule has 0 saturated carbocycles. The van der Waals surface area contributed by atoms with Crippen molar-refractivity contribution in [3.8, 4) is 0 Å². The van der Waals surface area contributed by atoms with Crippen LogP contribution in [0.5, 0.6) is 0 Å². The predicted molar refractivity (Wildman–Crippen MR) is 84.0 cm³/mol. The Morgan fingerprint density at radius 1 is 0.737 bits per heavy atom. The molecular formula is C14H34MoN4. The van der Waals surface area contributed by atoms with Gasteiger partial charge in [0, 0.05) is 0 Å². The van der Waals surface area contributed by atoms with E-state index in [1.807, 2.05) is 13.8 Å². The van der Waals surface area contributed by atoms with Gasteiger partial charge in [-0.1, -0.05) is 13.8 Å². The van der Waals surface area contributed by atoms with E-state index in [-0.39, 0.29) is 11.1 Å². The van der Waals surface area contributed by atoms with Crippen LogP contribution in [0.3, 0.4) is 0 Å². The van der Waals surface area contributed by atoms with Crippen LogP contribution in [-0.2, 0) is 18.2 Å². The third-order valence-electron chi connectivity index (χ3n) is 1.26. The number of hydrogen-bond donors (Lipinski definition) is 0. The van der Waals surface area contributed by atoms with E-state index in [4.69, 9.17) is 0 Å². The molecule has 0 rings (SSSR count). The van der Waals surface area contributed by atoms with Crippen LogP contribution in [0.15, 0.2) is 6.99 Å². The summed E-state index contributed by atoms with van der Waals surface area (Å²) < 4.78 is 9.01. The minimum Gasteiger partial charge on any atom is -0.665 e. The fraction of sp³-hybridized carbons (Fsp3) is 1.00. The summed E-state index contributed by atoms with van der Waals surface area (Å²) >= 11 is -0.473. The summed E-state index contributed by atoms with van der Waals surface area (Å²) in [6.07, 6.45) is 0. The van der Waals surface area contributed by atoms with Crippen molar-refractivity contribution in [1.82, 2.24) is 0 Å². The van der Waals surface area contributed by atoms with Gasteiger partial charge in [-0.15, -0.1) is 0 Å². The molecule has 0 aliphatic heterocycles. The van der Waals surface area contributed by atoms with Gasteiger partial charge in [0.05, 0.1) is 0 Å². The third kappa shape index (κ3) is 45.9. The molecule has 0 spiro atoms. The molecule has 0 fully saturated rings. The van der Waals surface area contributed by atoms with Crippen molar-refractivity contribution in [2.45, 2.75) is 66.5 Å². The molecule has 0 saturated heterocycles. The molecule has 5 heteroatoms. The van der Waals surface area contributed by atoms with E-state index in [0.717, 1.165) is 13.1 Å². The quantitative estimate of drug-likeness (QED) is 0.623. The Morgan fingerprint density at radius 3 is 1.05 bits per heavy atom. The molecule has 0 amide bonds. The summed E-state index contributed by atoms with van der Waals surface area (Å²) in [6.45, 7) is 18.6. The van der Waals surface area contributed by atoms with Crippen LogP contribution in [0.1, 0.15) is 55.4 Å². The van der Waals surface area contributed by atoms with Crippen LogP contribution in [0.2, 0.25) is 0 Å². The van der Waals surface area contributed by atoms with Crippen LogP contribution in [0.4, 0.5) is 0 Å². The van der Waals surface area contributed by atoms with Crippen LogP contribution >= 0.6 is 0 Å². The van der Waals surface area contributed by atoms with Gasteiger partial charge < -0.3 is 10.6 Å². The molecule has 0 bridgehead atoms. The first-order chi connectivity index (χ1) is 8.54. The Morgan fingerprint density at radius 2 is 0.947 bits per heavy atom. The van der Waals surface area contributed by atoms with Crippen LogP contribution in [0, 0.1) is 0 Å². The summed E-state index contributed by atoms with van der Waals surface area (Å²) in [7, 11) is 3.61. The van der Waals surface area contributed by atoms with Gasteiger partial charge in [-0.3, -0.25) is 0 Å². The van der Waals surface area contributed by atoms with Gasteiger partial charge in [0.2, 0.25) is 0 Å². The summed E-state index contributed by atoms with van der Waals surface area (Å²) in [5, 5.41) is 7.47. The predicted octanol–water partition coefficient (Wildman–Crippen LogP) is 5.05. The fourth-order valence-electron chi connectivity index (χ4n) is 0.265. The molecule has 0 unspecified atom stereocenters. The summed E-state index contributed by atoms with van der Waals surface area (Å²) in [4.78, 5) is 0. The molecule has 0 aromatic carbocycles. The largest absolute Gasteiger partial charge is 0.665 e. The molecule has 4 nitrogen and oxygen atoms in total. The third-order valence-corrected chi connectivity index (χ3v) is 4.36. The second-order valence-corrected chi connectivity index (χ2v) is 7.17. The van der Waals surface area contributed by atoms with Crippen molar-refractivity contribution in [1.29, 1.82) is 0 Å².